The Kier molecular flexibility index (Phi) is 5.88. The molecule has 2 rings (SSSR count). The highest BCUT2D eigenvalue weighted by atomic mass is 35.5. The lowest BCUT2D eigenvalue weighted by atomic mass is 10.0. The molecular weight excluding hydrogens is 314 g/mol. The van der Waals surface area contributed by atoms with Gasteiger partial charge in [-0.2, -0.15) is 0 Å². The van der Waals surface area contributed by atoms with Crippen LogP contribution in [0.15, 0.2) is 42.5 Å². The van der Waals surface area contributed by atoms with E-state index in [4.69, 9.17) is 21.1 Å². The fourth-order valence-corrected chi connectivity index (χ4v) is 2.56. The van der Waals surface area contributed by atoms with Crippen LogP contribution in [0.3, 0.4) is 0 Å². The Morgan fingerprint density at radius 1 is 1.13 bits per heavy atom. The van der Waals surface area contributed by atoms with Gasteiger partial charge in [-0.15, -0.1) is 0 Å². The molecule has 1 N–H and O–H groups in total. The van der Waals surface area contributed by atoms with E-state index in [-0.39, 0.29) is 11.9 Å². The maximum absolute atomic E-state index is 12.4. The van der Waals surface area contributed by atoms with Crippen LogP contribution in [-0.4, -0.2) is 20.1 Å². The number of ether oxygens (including phenoxy) is 2. The molecule has 0 bridgehead atoms. The quantitative estimate of drug-likeness (QED) is 0.860. The molecule has 2 aromatic rings. The van der Waals surface area contributed by atoms with E-state index < -0.39 is 0 Å². The number of carbonyl (C=O) groups excluding carboxylic acids is 1. The first kappa shape index (κ1) is 17.2. The Morgan fingerprint density at radius 2 is 1.83 bits per heavy atom. The summed E-state index contributed by atoms with van der Waals surface area (Å²) in [6.07, 6.45) is 0.780. The van der Waals surface area contributed by atoms with Gasteiger partial charge in [0, 0.05) is 5.56 Å². The van der Waals surface area contributed by atoms with Crippen molar-refractivity contribution in [3.05, 3.63) is 58.6 Å². The van der Waals surface area contributed by atoms with Crippen molar-refractivity contribution in [2.45, 2.75) is 19.4 Å². The monoisotopic (exact) mass is 333 g/mol. The van der Waals surface area contributed by atoms with Crippen molar-refractivity contribution in [1.29, 1.82) is 0 Å². The minimum absolute atomic E-state index is 0.0747. The van der Waals surface area contributed by atoms with Gasteiger partial charge in [-0.1, -0.05) is 30.7 Å². The molecule has 1 atom stereocenters. The minimum Gasteiger partial charge on any atom is -0.497 e. The molecule has 23 heavy (non-hydrogen) atoms. The van der Waals surface area contributed by atoms with E-state index in [2.05, 4.69) is 5.32 Å². The number of benzene rings is 2. The average molecular weight is 334 g/mol. The molecule has 0 fully saturated rings. The predicted molar refractivity (Wildman–Crippen MR) is 91.5 cm³/mol. The maximum Gasteiger partial charge on any atom is 0.251 e. The van der Waals surface area contributed by atoms with Crippen LogP contribution in [0.1, 0.15) is 35.3 Å². The Bertz CT molecular complexity index is 670. The highest BCUT2D eigenvalue weighted by molar-refractivity contribution is 6.32. The Morgan fingerprint density at radius 3 is 2.35 bits per heavy atom. The van der Waals surface area contributed by atoms with Crippen molar-refractivity contribution >= 4 is 17.5 Å². The van der Waals surface area contributed by atoms with Crippen LogP contribution in [0.25, 0.3) is 0 Å². The zero-order valence-corrected chi connectivity index (χ0v) is 14.2. The number of halogens is 1. The van der Waals surface area contributed by atoms with Gasteiger partial charge in [0.1, 0.15) is 11.5 Å². The summed E-state index contributed by atoms with van der Waals surface area (Å²) < 4.78 is 10.3. The third kappa shape index (κ3) is 4.17. The third-order valence-corrected chi connectivity index (χ3v) is 3.94. The van der Waals surface area contributed by atoms with E-state index in [1.165, 1.54) is 7.11 Å². The van der Waals surface area contributed by atoms with Crippen molar-refractivity contribution in [1.82, 2.24) is 5.32 Å². The van der Waals surface area contributed by atoms with Gasteiger partial charge in [0.15, 0.2) is 0 Å². The van der Waals surface area contributed by atoms with Crippen LogP contribution in [0.4, 0.5) is 0 Å². The maximum atomic E-state index is 12.4. The van der Waals surface area contributed by atoms with E-state index in [9.17, 15) is 4.79 Å². The van der Waals surface area contributed by atoms with Crippen molar-refractivity contribution in [2.24, 2.45) is 0 Å². The number of rotatable bonds is 6. The molecule has 0 aromatic heterocycles. The van der Waals surface area contributed by atoms with Crippen LogP contribution in [-0.2, 0) is 0 Å². The van der Waals surface area contributed by atoms with E-state index in [0.29, 0.717) is 16.3 Å². The molecule has 2 aromatic carbocycles. The molecule has 0 unspecified atom stereocenters. The van der Waals surface area contributed by atoms with Gasteiger partial charge in [-0.05, 0) is 42.3 Å². The number of nitrogens with one attached hydrogen (secondary N) is 1. The summed E-state index contributed by atoms with van der Waals surface area (Å²) in [5.41, 5.74) is 1.53. The lowest BCUT2D eigenvalue weighted by Crippen LogP contribution is -2.28. The number of carbonyl (C=O) groups is 1. The second kappa shape index (κ2) is 7.88. The van der Waals surface area contributed by atoms with Gasteiger partial charge in [0.05, 0.1) is 25.3 Å². The lowest BCUT2D eigenvalue weighted by molar-refractivity contribution is 0.0935. The molecule has 0 aliphatic carbocycles. The second-order valence-electron chi connectivity index (χ2n) is 5.06. The molecule has 1 amide bonds. The topological polar surface area (TPSA) is 47.6 Å². The van der Waals surface area contributed by atoms with E-state index >= 15 is 0 Å². The summed E-state index contributed by atoms with van der Waals surface area (Å²) in [4.78, 5) is 12.4. The van der Waals surface area contributed by atoms with Crippen molar-refractivity contribution in [3.63, 3.8) is 0 Å². The predicted octanol–water partition coefficient (Wildman–Crippen LogP) is 4.24. The number of amides is 1. The van der Waals surface area contributed by atoms with Crippen LogP contribution in [0.2, 0.25) is 5.02 Å². The lowest BCUT2D eigenvalue weighted by Gasteiger charge is -2.18. The first-order valence-corrected chi connectivity index (χ1v) is 7.75. The normalized spacial score (nSPS) is 11.7. The molecule has 122 valence electrons. The van der Waals surface area contributed by atoms with E-state index in [1.807, 2.05) is 31.2 Å². The van der Waals surface area contributed by atoms with Gasteiger partial charge in [0.25, 0.3) is 5.91 Å². The number of hydrogen-bond donors (Lipinski definition) is 1. The molecule has 0 aliphatic heterocycles. The molecular formula is C18H20ClNO3. The molecule has 0 heterocycles. The van der Waals surface area contributed by atoms with E-state index in [0.717, 1.165) is 17.7 Å². The molecule has 0 spiro atoms. The summed E-state index contributed by atoms with van der Waals surface area (Å²) in [6, 6.07) is 12.6. The van der Waals surface area contributed by atoms with Crippen LogP contribution in [0, 0.1) is 0 Å². The van der Waals surface area contributed by atoms with Gasteiger partial charge >= 0.3 is 0 Å². The molecule has 0 radical (unpaired) electrons. The van der Waals surface area contributed by atoms with Gasteiger partial charge < -0.3 is 14.8 Å². The highest BCUT2D eigenvalue weighted by Gasteiger charge is 2.15. The number of methoxy groups -OCH3 is 2. The molecule has 0 aliphatic rings. The summed E-state index contributed by atoms with van der Waals surface area (Å²) in [6.45, 7) is 2.02. The second-order valence-corrected chi connectivity index (χ2v) is 5.46. The first-order chi connectivity index (χ1) is 11.1. The number of hydrogen-bond acceptors (Lipinski definition) is 3. The zero-order valence-electron chi connectivity index (χ0n) is 13.4. The molecule has 0 saturated carbocycles. The van der Waals surface area contributed by atoms with Crippen molar-refractivity contribution in [2.75, 3.05) is 14.2 Å². The zero-order chi connectivity index (χ0) is 16.8. The van der Waals surface area contributed by atoms with E-state index in [1.54, 1.807) is 25.3 Å². The standard InChI is InChI=1S/C18H20ClNO3/c1-4-16(12-5-8-14(22-2)9-6-12)20-18(21)13-7-10-17(23-3)15(19)11-13/h5-11,16H,4H2,1-3H3,(H,20,21)/t16-/m0/s1. The largest absolute Gasteiger partial charge is 0.497 e. The summed E-state index contributed by atoms with van der Waals surface area (Å²) >= 11 is 6.08. The van der Waals surface area contributed by atoms with Gasteiger partial charge in [-0.25, -0.2) is 0 Å². The first-order valence-electron chi connectivity index (χ1n) is 7.37. The highest BCUT2D eigenvalue weighted by Crippen LogP contribution is 2.26. The van der Waals surface area contributed by atoms with Gasteiger partial charge in [0.2, 0.25) is 0 Å². The smallest absolute Gasteiger partial charge is 0.251 e. The summed E-state index contributed by atoms with van der Waals surface area (Å²) in [5, 5.41) is 3.44. The fraction of sp³-hybridized carbons (Fsp3) is 0.278. The Hall–Kier alpha value is -2.20. The Labute approximate surface area is 141 Å². The van der Waals surface area contributed by atoms with Crippen LogP contribution in [0.5, 0.6) is 11.5 Å². The Balaban J connectivity index is 2.14. The average Bonchev–Trinajstić information content (AvgIpc) is 2.59. The van der Waals surface area contributed by atoms with Crippen molar-refractivity contribution in [3.8, 4) is 11.5 Å². The van der Waals surface area contributed by atoms with Crippen molar-refractivity contribution < 1.29 is 14.3 Å². The molecule has 4 nitrogen and oxygen atoms in total. The summed E-state index contributed by atoms with van der Waals surface area (Å²) in [7, 11) is 3.17. The summed E-state index contributed by atoms with van der Waals surface area (Å²) in [5.74, 6) is 1.17. The van der Waals surface area contributed by atoms with Crippen LogP contribution < -0.4 is 14.8 Å². The fourth-order valence-electron chi connectivity index (χ4n) is 2.31. The molecule has 5 heteroatoms. The SMILES string of the molecule is CC[C@H](NC(=O)c1ccc(OC)c(Cl)c1)c1ccc(OC)cc1. The molecule has 0 saturated heterocycles. The minimum atomic E-state index is -0.169. The van der Waals surface area contributed by atoms with Gasteiger partial charge in [-0.3, -0.25) is 4.79 Å². The van der Waals surface area contributed by atoms with Crippen LogP contribution >= 0.6 is 11.6 Å². The third-order valence-electron chi connectivity index (χ3n) is 3.65.